The first kappa shape index (κ1) is 14.8. The molecular formula is C15H20BFO4. The highest BCUT2D eigenvalue weighted by Gasteiger charge is 2.40. The standard InChI is InChI=1S/C15H20BFO4/c17-14-9-11(3-4-13(14)16(18)19)21-12-5-8-20-15(10-12)6-1-2-7-15/h3-4,9,12,18-19H,1-2,5-8,10H2. The van der Waals surface area contributed by atoms with Gasteiger partial charge in [0.25, 0.3) is 0 Å². The molecule has 2 aliphatic rings. The van der Waals surface area contributed by atoms with Gasteiger partial charge in [0.05, 0.1) is 12.2 Å². The third kappa shape index (κ3) is 3.22. The smallest absolute Gasteiger partial charge is 0.490 e. The van der Waals surface area contributed by atoms with Crippen LogP contribution in [-0.2, 0) is 4.74 Å². The zero-order valence-electron chi connectivity index (χ0n) is 11.9. The molecule has 1 saturated heterocycles. The highest BCUT2D eigenvalue weighted by atomic mass is 19.1. The van der Waals surface area contributed by atoms with E-state index in [2.05, 4.69) is 0 Å². The van der Waals surface area contributed by atoms with E-state index >= 15 is 0 Å². The second-order valence-corrected chi connectivity index (χ2v) is 6.03. The lowest BCUT2D eigenvalue weighted by atomic mass is 9.80. The molecule has 114 valence electrons. The summed E-state index contributed by atoms with van der Waals surface area (Å²) in [5.41, 5.74) is -0.176. The lowest BCUT2D eigenvalue weighted by Crippen LogP contribution is -2.41. The molecule has 0 radical (unpaired) electrons. The van der Waals surface area contributed by atoms with Gasteiger partial charge < -0.3 is 19.5 Å². The first-order chi connectivity index (χ1) is 10.1. The van der Waals surface area contributed by atoms with Gasteiger partial charge in [0.2, 0.25) is 0 Å². The Morgan fingerprint density at radius 1 is 1.29 bits per heavy atom. The molecule has 3 rings (SSSR count). The maximum atomic E-state index is 13.7. The molecule has 2 N–H and O–H groups in total. The van der Waals surface area contributed by atoms with Crippen LogP contribution in [0, 0.1) is 5.82 Å². The van der Waals surface area contributed by atoms with Gasteiger partial charge in [-0.3, -0.25) is 0 Å². The summed E-state index contributed by atoms with van der Waals surface area (Å²) in [6.45, 7) is 0.681. The van der Waals surface area contributed by atoms with Crippen LogP contribution >= 0.6 is 0 Å². The Hall–Kier alpha value is -1.11. The molecule has 21 heavy (non-hydrogen) atoms. The van der Waals surface area contributed by atoms with Crippen LogP contribution in [0.5, 0.6) is 5.75 Å². The fourth-order valence-corrected chi connectivity index (χ4v) is 3.43. The highest BCUT2D eigenvalue weighted by Crippen LogP contribution is 2.40. The molecule has 1 aromatic rings. The molecule has 1 heterocycles. The Kier molecular flexibility index (Phi) is 4.20. The number of hydrogen-bond donors (Lipinski definition) is 2. The van der Waals surface area contributed by atoms with E-state index in [9.17, 15) is 4.39 Å². The van der Waals surface area contributed by atoms with Gasteiger partial charge in [-0.1, -0.05) is 18.9 Å². The van der Waals surface area contributed by atoms with Crippen LogP contribution in [0.15, 0.2) is 18.2 Å². The summed E-state index contributed by atoms with van der Waals surface area (Å²) in [4.78, 5) is 0. The van der Waals surface area contributed by atoms with Crippen molar-refractivity contribution in [3.63, 3.8) is 0 Å². The zero-order chi connectivity index (χ0) is 14.9. The molecule has 0 bridgehead atoms. The van der Waals surface area contributed by atoms with Crippen molar-refractivity contribution < 1.29 is 23.9 Å². The third-order valence-electron chi connectivity index (χ3n) is 4.52. The number of ether oxygens (including phenoxy) is 2. The van der Waals surface area contributed by atoms with Crippen molar-refractivity contribution in [1.82, 2.24) is 0 Å². The van der Waals surface area contributed by atoms with Crippen molar-refractivity contribution in [2.45, 2.75) is 50.2 Å². The predicted molar refractivity (Wildman–Crippen MR) is 77.0 cm³/mol. The van der Waals surface area contributed by atoms with E-state index in [1.165, 1.54) is 25.0 Å². The molecule has 1 atom stereocenters. The second kappa shape index (κ2) is 5.95. The molecular weight excluding hydrogens is 274 g/mol. The summed E-state index contributed by atoms with van der Waals surface area (Å²) < 4.78 is 25.5. The fourth-order valence-electron chi connectivity index (χ4n) is 3.43. The Morgan fingerprint density at radius 2 is 2.05 bits per heavy atom. The number of halogens is 1. The van der Waals surface area contributed by atoms with Crippen LogP contribution in [0.2, 0.25) is 0 Å². The Morgan fingerprint density at radius 3 is 2.71 bits per heavy atom. The van der Waals surface area contributed by atoms with Gasteiger partial charge in [-0.2, -0.15) is 0 Å². The van der Waals surface area contributed by atoms with Crippen LogP contribution in [0.4, 0.5) is 4.39 Å². The van der Waals surface area contributed by atoms with E-state index < -0.39 is 12.9 Å². The van der Waals surface area contributed by atoms with Crippen LogP contribution in [0.25, 0.3) is 0 Å². The normalized spacial score (nSPS) is 24.2. The highest BCUT2D eigenvalue weighted by molar-refractivity contribution is 6.58. The largest absolute Gasteiger partial charge is 0.491 e. The molecule has 1 saturated carbocycles. The fraction of sp³-hybridized carbons (Fsp3) is 0.600. The predicted octanol–water partition coefficient (Wildman–Crippen LogP) is 1.38. The van der Waals surface area contributed by atoms with E-state index in [1.54, 1.807) is 6.07 Å². The molecule has 1 aromatic carbocycles. The van der Waals surface area contributed by atoms with Crippen LogP contribution < -0.4 is 10.2 Å². The minimum Gasteiger partial charge on any atom is -0.490 e. The lowest BCUT2D eigenvalue weighted by Gasteiger charge is -2.38. The number of benzene rings is 1. The summed E-state index contributed by atoms with van der Waals surface area (Å²) in [5.74, 6) is -0.234. The summed E-state index contributed by atoms with van der Waals surface area (Å²) in [5, 5.41) is 18.0. The van der Waals surface area contributed by atoms with Crippen molar-refractivity contribution >= 4 is 12.6 Å². The van der Waals surface area contributed by atoms with Gasteiger partial charge in [0.1, 0.15) is 17.7 Å². The van der Waals surface area contributed by atoms with E-state index in [0.717, 1.165) is 25.7 Å². The summed E-state index contributed by atoms with van der Waals surface area (Å²) >= 11 is 0. The molecule has 1 aliphatic carbocycles. The lowest BCUT2D eigenvalue weighted by molar-refractivity contribution is -0.108. The number of rotatable bonds is 3. The first-order valence-corrected chi connectivity index (χ1v) is 7.54. The molecule has 6 heteroatoms. The molecule has 0 amide bonds. The van der Waals surface area contributed by atoms with Gasteiger partial charge in [0.15, 0.2) is 0 Å². The summed E-state index contributed by atoms with van der Waals surface area (Å²) in [7, 11) is -1.80. The van der Waals surface area contributed by atoms with E-state index in [1.807, 2.05) is 0 Å². The topological polar surface area (TPSA) is 58.9 Å². The number of hydrogen-bond acceptors (Lipinski definition) is 4. The molecule has 1 unspecified atom stereocenters. The minimum absolute atomic E-state index is 0.0288. The summed E-state index contributed by atoms with van der Waals surface area (Å²) in [6, 6.07) is 4.14. The summed E-state index contributed by atoms with van der Waals surface area (Å²) in [6.07, 6.45) is 6.23. The monoisotopic (exact) mass is 294 g/mol. The minimum atomic E-state index is -1.80. The van der Waals surface area contributed by atoms with Crippen molar-refractivity contribution in [3.05, 3.63) is 24.0 Å². The molecule has 0 aromatic heterocycles. The van der Waals surface area contributed by atoms with E-state index in [0.29, 0.717) is 12.4 Å². The SMILES string of the molecule is OB(O)c1ccc(OC2CCOC3(CCCC3)C2)cc1F. The Balaban J connectivity index is 1.67. The average Bonchev–Trinajstić information content (AvgIpc) is 2.86. The zero-order valence-corrected chi connectivity index (χ0v) is 11.9. The van der Waals surface area contributed by atoms with Gasteiger partial charge in [-0.05, 0) is 18.9 Å². The molecule has 1 aliphatic heterocycles. The van der Waals surface area contributed by atoms with Crippen molar-refractivity contribution in [2.75, 3.05) is 6.61 Å². The van der Waals surface area contributed by atoms with Gasteiger partial charge in [-0.15, -0.1) is 0 Å². The first-order valence-electron chi connectivity index (χ1n) is 7.54. The van der Waals surface area contributed by atoms with Crippen LogP contribution in [0.3, 0.4) is 0 Å². The maximum Gasteiger partial charge on any atom is 0.491 e. The Labute approximate surface area is 124 Å². The third-order valence-corrected chi connectivity index (χ3v) is 4.52. The maximum absolute atomic E-state index is 13.7. The molecule has 1 spiro atoms. The molecule has 4 nitrogen and oxygen atoms in total. The van der Waals surface area contributed by atoms with E-state index in [4.69, 9.17) is 19.5 Å². The van der Waals surface area contributed by atoms with Gasteiger partial charge in [0, 0.05) is 24.4 Å². The Bertz CT molecular complexity index is 502. The average molecular weight is 294 g/mol. The quantitative estimate of drug-likeness (QED) is 0.827. The van der Waals surface area contributed by atoms with Crippen LogP contribution in [-0.4, -0.2) is 35.5 Å². The van der Waals surface area contributed by atoms with Gasteiger partial charge >= 0.3 is 7.12 Å². The van der Waals surface area contributed by atoms with Crippen molar-refractivity contribution in [2.24, 2.45) is 0 Å². The van der Waals surface area contributed by atoms with Crippen molar-refractivity contribution in [3.8, 4) is 5.75 Å². The second-order valence-electron chi connectivity index (χ2n) is 6.03. The van der Waals surface area contributed by atoms with Crippen LogP contribution in [0.1, 0.15) is 38.5 Å². The van der Waals surface area contributed by atoms with Gasteiger partial charge in [-0.25, -0.2) is 4.39 Å². The van der Waals surface area contributed by atoms with E-state index in [-0.39, 0.29) is 17.2 Å². The molecule has 2 fully saturated rings. The van der Waals surface area contributed by atoms with Crippen molar-refractivity contribution in [1.29, 1.82) is 0 Å².